The van der Waals surface area contributed by atoms with Crippen molar-refractivity contribution in [1.29, 1.82) is 0 Å². The summed E-state index contributed by atoms with van der Waals surface area (Å²) < 4.78 is 0. The molecule has 14 heavy (non-hydrogen) atoms. The molecule has 0 aromatic heterocycles. The van der Waals surface area contributed by atoms with Crippen molar-refractivity contribution in [1.82, 2.24) is 0 Å². The van der Waals surface area contributed by atoms with Gasteiger partial charge in [-0.25, -0.2) is 19.6 Å². The van der Waals surface area contributed by atoms with Crippen LogP contribution in [0.15, 0.2) is 22.1 Å². The van der Waals surface area contributed by atoms with Crippen molar-refractivity contribution < 1.29 is 9.59 Å². The highest BCUT2D eigenvalue weighted by Gasteiger charge is 1.85. The summed E-state index contributed by atoms with van der Waals surface area (Å²) in [5.74, 6) is 0. The Morgan fingerprint density at radius 2 is 1.71 bits per heavy atom. The number of allylic oxidation sites excluding steroid dienone is 1. The van der Waals surface area contributed by atoms with Crippen molar-refractivity contribution in [3.8, 4) is 0 Å². The zero-order valence-electron chi connectivity index (χ0n) is 8.11. The molecule has 0 aliphatic rings. The van der Waals surface area contributed by atoms with Gasteiger partial charge in [-0.3, -0.25) is 0 Å². The zero-order valence-corrected chi connectivity index (χ0v) is 8.11. The van der Waals surface area contributed by atoms with Crippen LogP contribution in [0.1, 0.15) is 25.7 Å². The molecule has 0 radical (unpaired) electrons. The lowest BCUT2D eigenvalue weighted by Crippen LogP contribution is -1.81. The highest BCUT2D eigenvalue weighted by molar-refractivity contribution is 5.33. The summed E-state index contributed by atoms with van der Waals surface area (Å²) in [7, 11) is 0. The second-order valence-electron chi connectivity index (χ2n) is 2.73. The molecular formula is C10H14N2O2. The molecule has 4 nitrogen and oxygen atoms in total. The summed E-state index contributed by atoms with van der Waals surface area (Å²) in [5.41, 5.74) is 0. The molecule has 0 unspecified atom stereocenters. The first kappa shape index (κ1) is 12.5. The van der Waals surface area contributed by atoms with Crippen LogP contribution >= 0.6 is 0 Å². The molecule has 0 rings (SSSR count). The fourth-order valence-electron chi connectivity index (χ4n) is 0.958. The van der Waals surface area contributed by atoms with E-state index in [1.54, 1.807) is 0 Å². The molecule has 0 atom stereocenters. The molecule has 0 fully saturated rings. The summed E-state index contributed by atoms with van der Waals surface area (Å²) in [6.07, 6.45) is 10.8. The fraction of sp³-hybridized carbons (Fsp3) is 0.600. The summed E-state index contributed by atoms with van der Waals surface area (Å²) in [4.78, 5) is 26.2. The Bertz CT molecular complexity index is 249. The van der Waals surface area contributed by atoms with Crippen LogP contribution in [-0.2, 0) is 9.59 Å². The highest BCUT2D eigenvalue weighted by Crippen LogP contribution is 2.00. The maximum Gasteiger partial charge on any atom is 0.235 e. The Hall–Kier alpha value is -1.50. The van der Waals surface area contributed by atoms with Gasteiger partial charge < -0.3 is 0 Å². The van der Waals surface area contributed by atoms with Crippen LogP contribution < -0.4 is 0 Å². The molecule has 0 aromatic rings. The van der Waals surface area contributed by atoms with E-state index in [1.807, 2.05) is 12.2 Å². The quantitative estimate of drug-likeness (QED) is 0.256. The molecule has 0 aliphatic heterocycles. The van der Waals surface area contributed by atoms with E-state index in [2.05, 4.69) is 9.98 Å². The summed E-state index contributed by atoms with van der Waals surface area (Å²) >= 11 is 0. The van der Waals surface area contributed by atoms with E-state index in [0.717, 1.165) is 25.7 Å². The van der Waals surface area contributed by atoms with Gasteiger partial charge in [0.2, 0.25) is 12.2 Å². The molecule has 4 heteroatoms. The Labute approximate surface area is 83.4 Å². The number of isocyanates is 2. The molecule has 0 aromatic carbocycles. The standard InChI is InChI=1S/C10H14N2O2/c13-9-11-7-5-3-1-2-4-6-8-12-10-14/h3,5H,1-2,4,6-8H2/b5-3+. The van der Waals surface area contributed by atoms with Crippen LogP contribution in [0, 0.1) is 0 Å². The zero-order chi connectivity index (χ0) is 10.5. The third-order valence-corrected chi connectivity index (χ3v) is 1.63. The van der Waals surface area contributed by atoms with Crippen LogP contribution in [0.4, 0.5) is 0 Å². The van der Waals surface area contributed by atoms with Crippen molar-refractivity contribution >= 4 is 12.2 Å². The van der Waals surface area contributed by atoms with Gasteiger partial charge in [-0.15, -0.1) is 0 Å². The van der Waals surface area contributed by atoms with Gasteiger partial charge in [0.1, 0.15) is 0 Å². The number of aliphatic imine (C=N–C) groups is 2. The van der Waals surface area contributed by atoms with Gasteiger partial charge in [0.15, 0.2) is 0 Å². The van der Waals surface area contributed by atoms with E-state index in [0.29, 0.717) is 13.1 Å². The maximum absolute atomic E-state index is 9.70. The Kier molecular flexibility index (Phi) is 10.3. The fourth-order valence-corrected chi connectivity index (χ4v) is 0.958. The maximum atomic E-state index is 9.70. The van der Waals surface area contributed by atoms with Crippen LogP contribution in [-0.4, -0.2) is 25.2 Å². The number of carbonyl (C=O) groups excluding carboxylic acids is 2. The molecule has 0 spiro atoms. The molecule has 76 valence electrons. The van der Waals surface area contributed by atoms with E-state index in [1.165, 1.54) is 12.2 Å². The summed E-state index contributed by atoms with van der Waals surface area (Å²) in [6.45, 7) is 0.988. The lowest BCUT2D eigenvalue weighted by molar-refractivity contribution is 0.561. The van der Waals surface area contributed by atoms with Gasteiger partial charge in [0.25, 0.3) is 0 Å². The average molecular weight is 194 g/mol. The highest BCUT2D eigenvalue weighted by atomic mass is 16.1. The third kappa shape index (κ3) is 10.5. The predicted octanol–water partition coefficient (Wildman–Crippen LogP) is 1.77. The predicted molar refractivity (Wildman–Crippen MR) is 53.6 cm³/mol. The SMILES string of the molecule is O=C=NC/C=C/CCCCCN=C=O. The van der Waals surface area contributed by atoms with Crippen LogP contribution in [0.2, 0.25) is 0 Å². The molecule has 0 amide bonds. The van der Waals surface area contributed by atoms with Crippen LogP contribution in [0.5, 0.6) is 0 Å². The minimum absolute atomic E-state index is 0.416. The van der Waals surface area contributed by atoms with E-state index in [-0.39, 0.29) is 0 Å². The first-order chi connectivity index (χ1) is 6.91. The normalized spacial score (nSPS) is 9.43. The van der Waals surface area contributed by atoms with E-state index >= 15 is 0 Å². The number of hydrogen-bond donors (Lipinski definition) is 0. The van der Waals surface area contributed by atoms with Crippen molar-refractivity contribution in [3.63, 3.8) is 0 Å². The van der Waals surface area contributed by atoms with Crippen molar-refractivity contribution in [2.24, 2.45) is 9.98 Å². The first-order valence-electron chi connectivity index (χ1n) is 4.64. The van der Waals surface area contributed by atoms with Gasteiger partial charge in [0, 0.05) is 0 Å². The smallest absolute Gasteiger partial charge is 0.211 e. The minimum atomic E-state index is 0.416. The molecular weight excluding hydrogens is 180 g/mol. The van der Waals surface area contributed by atoms with Gasteiger partial charge in [-0.1, -0.05) is 18.6 Å². The van der Waals surface area contributed by atoms with Crippen molar-refractivity contribution in [2.75, 3.05) is 13.1 Å². The topological polar surface area (TPSA) is 58.9 Å². The summed E-state index contributed by atoms with van der Waals surface area (Å²) in [5, 5.41) is 0. The number of unbranched alkanes of at least 4 members (excludes halogenated alkanes) is 3. The third-order valence-electron chi connectivity index (χ3n) is 1.63. The van der Waals surface area contributed by atoms with E-state index in [4.69, 9.17) is 0 Å². The molecule has 0 saturated heterocycles. The largest absolute Gasteiger partial charge is 0.235 e. The Morgan fingerprint density at radius 3 is 2.43 bits per heavy atom. The molecule has 0 heterocycles. The lowest BCUT2D eigenvalue weighted by atomic mass is 10.2. The van der Waals surface area contributed by atoms with Crippen molar-refractivity contribution in [2.45, 2.75) is 25.7 Å². The van der Waals surface area contributed by atoms with Gasteiger partial charge in [-0.2, -0.15) is 0 Å². The summed E-state index contributed by atoms with van der Waals surface area (Å²) in [6, 6.07) is 0. The second-order valence-corrected chi connectivity index (χ2v) is 2.73. The van der Waals surface area contributed by atoms with Crippen LogP contribution in [0.3, 0.4) is 0 Å². The number of nitrogens with zero attached hydrogens (tertiary/aromatic N) is 2. The minimum Gasteiger partial charge on any atom is -0.211 e. The average Bonchev–Trinajstić information content (AvgIpc) is 2.21. The lowest BCUT2D eigenvalue weighted by Gasteiger charge is -1.93. The molecule has 0 N–H and O–H groups in total. The number of hydrogen-bond acceptors (Lipinski definition) is 4. The van der Waals surface area contributed by atoms with Crippen molar-refractivity contribution in [3.05, 3.63) is 12.2 Å². The second kappa shape index (κ2) is 11.5. The number of rotatable bonds is 8. The monoisotopic (exact) mass is 194 g/mol. The molecule has 0 aliphatic carbocycles. The molecule has 0 bridgehead atoms. The Balaban J connectivity index is 3.16. The molecule has 0 saturated carbocycles. The van der Waals surface area contributed by atoms with E-state index in [9.17, 15) is 9.59 Å². The van der Waals surface area contributed by atoms with Gasteiger partial charge >= 0.3 is 0 Å². The van der Waals surface area contributed by atoms with Crippen LogP contribution in [0.25, 0.3) is 0 Å². The van der Waals surface area contributed by atoms with Gasteiger partial charge in [-0.05, 0) is 19.3 Å². The van der Waals surface area contributed by atoms with Gasteiger partial charge in [0.05, 0.1) is 13.1 Å². The van der Waals surface area contributed by atoms with E-state index < -0.39 is 0 Å². The Morgan fingerprint density at radius 1 is 0.929 bits per heavy atom. The first-order valence-corrected chi connectivity index (χ1v) is 4.64.